The van der Waals surface area contributed by atoms with Crippen LogP contribution in [0.15, 0.2) is 108 Å². The van der Waals surface area contributed by atoms with Crippen molar-refractivity contribution in [2.75, 3.05) is 17.4 Å². The summed E-state index contributed by atoms with van der Waals surface area (Å²) in [5.74, 6) is -2.70. The van der Waals surface area contributed by atoms with E-state index >= 15 is 4.39 Å². The highest BCUT2D eigenvalue weighted by Crippen LogP contribution is 2.27. The van der Waals surface area contributed by atoms with Gasteiger partial charge in [0.2, 0.25) is 11.8 Å². The average Bonchev–Trinajstić information content (AvgIpc) is 3.03. The molecule has 0 radical (unpaired) electrons. The number of carbonyl (C=O) groups excluding carboxylic acids is 2. The van der Waals surface area contributed by atoms with Crippen molar-refractivity contribution in [1.29, 1.82) is 0 Å². The van der Waals surface area contributed by atoms with Gasteiger partial charge in [0.15, 0.2) is 0 Å². The van der Waals surface area contributed by atoms with Crippen LogP contribution in [0, 0.1) is 18.6 Å². The fourth-order valence-corrected chi connectivity index (χ4v) is 6.30. The molecule has 236 valence electrons. The number of aryl methyl sites for hydroxylation is 1. The predicted molar refractivity (Wildman–Crippen MR) is 171 cm³/mol. The molecule has 0 saturated carbocycles. The van der Waals surface area contributed by atoms with Crippen LogP contribution in [-0.2, 0) is 32.6 Å². The molecule has 0 saturated heterocycles. The normalized spacial score (nSPS) is 11.9. The number of benzene rings is 4. The fraction of sp³-hybridized carbons (Fsp3) is 0.257. The summed E-state index contributed by atoms with van der Waals surface area (Å²) >= 11 is 0. The molecule has 0 spiro atoms. The second-order valence-corrected chi connectivity index (χ2v) is 12.6. The largest absolute Gasteiger partial charge is 0.354 e. The van der Waals surface area contributed by atoms with Crippen LogP contribution in [0.4, 0.5) is 14.5 Å². The summed E-state index contributed by atoms with van der Waals surface area (Å²) in [6, 6.07) is 25.1. The number of unbranched alkanes of at least 4 members (excludes halogenated alkanes) is 1. The summed E-state index contributed by atoms with van der Waals surface area (Å²) in [5.41, 5.74) is 1.38. The van der Waals surface area contributed by atoms with Gasteiger partial charge in [0.05, 0.1) is 10.6 Å². The number of amides is 2. The first-order chi connectivity index (χ1) is 21.6. The average molecular weight is 634 g/mol. The monoisotopic (exact) mass is 633 g/mol. The molecule has 0 aromatic heterocycles. The van der Waals surface area contributed by atoms with Gasteiger partial charge in [0.1, 0.15) is 24.2 Å². The number of anilines is 1. The molecular formula is C35H37F2N3O4S. The van der Waals surface area contributed by atoms with Crippen molar-refractivity contribution in [2.45, 2.75) is 50.6 Å². The summed E-state index contributed by atoms with van der Waals surface area (Å²) < 4.78 is 58.9. The smallest absolute Gasteiger partial charge is 0.264 e. The number of halogens is 2. The lowest BCUT2D eigenvalue weighted by Crippen LogP contribution is -2.53. The highest BCUT2D eigenvalue weighted by atomic mass is 32.2. The summed E-state index contributed by atoms with van der Waals surface area (Å²) in [4.78, 5) is 29.1. The van der Waals surface area contributed by atoms with Gasteiger partial charge in [0.25, 0.3) is 10.0 Å². The van der Waals surface area contributed by atoms with Crippen LogP contribution in [0.3, 0.4) is 0 Å². The molecule has 0 unspecified atom stereocenters. The van der Waals surface area contributed by atoms with Crippen LogP contribution in [0.5, 0.6) is 0 Å². The Morgan fingerprint density at radius 3 is 2.09 bits per heavy atom. The Kier molecular flexibility index (Phi) is 11.4. The zero-order valence-corrected chi connectivity index (χ0v) is 26.1. The van der Waals surface area contributed by atoms with E-state index in [9.17, 15) is 22.4 Å². The van der Waals surface area contributed by atoms with Crippen molar-refractivity contribution in [3.05, 3.63) is 131 Å². The Hall–Kier alpha value is -4.57. The molecule has 1 atom stereocenters. The van der Waals surface area contributed by atoms with E-state index < -0.39 is 46.1 Å². The summed E-state index contributed by atoms with van der Waals surface area (Å²) in [6.45, 7) is 2.99. The number of para-hydroxylation sites is 1. The van der Waals surface area contributed by atoms with E-state index in [1.807, 2.05) is 25.1 Å². The number of hydrogen-bond acceptors (Lipinski definition) is 4. The Morgan fingerprint density at radius 1 is 0.822 bits per heavy atom. The SMILES string of the molecule is CCCCNC(=O)[C@@H](Cc1ccccc1)N(Cc1ccccc1F)C(=O)CN(c1ccccc1F)S(=O)(=O)c1ccc(C)cc1. The fourth-order valence-electron chi connectivity index (χ4n) is 4.88. The second kappa shape index (κ2) is 15.4. The van der Waals surface area contributed by atoms with Crippen LogP contribution in [-0.4, -0.2) is 44.3 Å². The number of carbonyl (C=O) groups is 2. The third-order valence-corrected chi connectivity index (χ3v) is 9.18. The zero-order valence-electron chi connectivity index (χ0n) is 25.3. The maximum atomic E-state index is 15.2. The molecule has 1 N–H and O–H groups in total. The maximum absolute atomic E-state index is 15.2. The molecular weight excluding hydrogens is 596 g/mol. The number of hydrogen-bond donors (Lipinski definition) is 1. The molecule has 7 nitrogen and oxygen atoms in total. The van der Waals surface area contributed by atoms with Crippen molar-refractivity contribution < 1.29 is 26.8 Å². The molecule has 45 heavy (non-hydrogen) atoms. The predicted octanol–water partition coefficient (Wildman–Crippen LogP) is 6.02. The molecule has 0 aliphatic carbocycles. The summed E-state index contributed by atoms with van der Waals surface area (Å²) in [6.07, 6.45) is 1.63. The Labute approximate surface area is 263 Å². The van der Waals surface area contributed by atoms with Crippen LogP contribution in [0.2, 0.25) is 0 Å². The second-order valence-electron chi connectivity index (χ2n) is 10.7. The molecule has 0 aliphatic heterocycles. The van der Waals surface area contributed by atoms with Gasteiger partial charge in [-0.15, -0.1) is 0 Å². The topological polar surface area (TPSA) is 86.8 Å². The van der Waals surface area contributed by atoms with E-state index in [1.54, 1.807) is 37.3 Å². The number of nitrogens with one attached hydrogen (secondary N) is 1. The van der Waals surface area contributed by atoms with E-state index in [2.05, 4.69) is 5.32 Å². The van der Waals surface area contributed by atoms with E-state index in [4.69, 9.17) is 0 Å². The summed E-state index contributed by atoms with van der Waals surface area (Å²) in [5, 5.41) is 2.88. The highest BCUT2D eigenvalue weighted by Gasteiger charge is 2.35. The molecule has 2 amide bonds. The Balaban J connectivity index is 1.80. The third kappa shape index (κ3) is 8.54. The first-order valence-corrected chi connectivity index (χ1v) is 16.2. The molecule has 0 aliphatic rings. The molecule has 10 heteroatoms. The van der Waals surface area contributed by atoms with Crippen LogP contribution in [0.25, 0.3) is 0 Å². The minimum Gasteiger partial charge on any atom is -0.354 e. The van der Waals surface area contributed by atoms with Gasteiger partial charge in [-0.05, 0) is 49.2 Å². The van der Waals surface area contributed by atoms with E-state index in [0.29, 0.717) is 17.3 Å². The van der Waals surface area contributed by atoms with Crippen molar-refractivity contribution in [2.24, 2.45) is 0 Å². The number of nitrogens with zero attached hydrogens (tertiary/aromatic N) is 2. The molecule has 4 aromatic rings. The molecule has 4 rings (SSSR count). The van der Waals surface area contributed by atoms with Crippen LogP contribution >= 0.6 is 0 Å². The Bertz CT molecular complexity index is 1700. The third-order valence-electron chi connectivity index (χ3n) is 7.41. The summed E-state index contributed by atoms with van der Waals surface area (Å²) in [7, 11) is -4.45. The van der Waals surface area contributed by atoms with Gasteiger partial charge >= 0.3 is 0 Å². The molecule has 0 heterocycles. The van der Waals surface area contributed by atoms with E-state index in [-0.39, 0.29) is 29.1 Å². The quantitative estimate of drug-likeness (QED) is 0.172. The van der Waals surface area contributed by atoms with Gasteiger partial charge in [-0.1, -0.05) is 91.7 Å². The number of sulfonamides is 1. The van der Waals surface area contributed by atoms with Crippen molar-refractivity contribution >= 4 is 27.5 Å². The molecule has 0 fully saturated rings. The van der Waals surface area contributed by atoms with Crippen molar-refractivity contribution in [1.82, 2.24) is 10.2 Å². The first-order valence-electron chi connectivity index (χ1n) is 14.8. The van der Waals surface area contributed by atoms with Gasteiger partial charge in [-0.3, -0.25) is 13.9 Å². The lowest BCUT2D eigenvalue weighted by Gasteiger charge is -2.34. The van der Waals surface area contributed by atoms with Crippen LogP contribution < -0.4 is 9.62 Å². The lowest BCUT2D eigenvalue weighted by atomic mass is 10.0. The van der Waals surface area contributed by atoms with Gasteiger partial charge in [-0.25, -0.2) is 17.2 Å². The first kappa shape index (κ1) is 33.3. The van der Waals surface area contributed by atoms with Crippen LogP contribution in [0.1, 0.15) is 36.5 Å². The van der Waals surface area contributed by atoms with Gasteiger partial charge in [-0.2, -0.15) is 0 Å². The van der Waals surface area contributed by atoms with E-state index in [0.717, 1.165) is 23.6 Å². The van der Waals surface area contributed by atoms with E-state index in [1.165, 1.54) is 53.4 Å². The van der Waals surface area contributed by atoms with Gasteiger partial charge < -0.3 is 10.2 Å². The minimum absolute atomic E-state index is 0.0867. The molecule has 0 bridgehead atoms. The molecule has 4 aromatic carbocycles. The van der Waals surface area contributed by atoms with Crippen molar-refractivity contribution in [3.63, 3.8) is 0 Å². The number of rotatable bonds is 14. The Morgan fingerprint density at radius 2 is 1.44 bits per heavy atom. The standard InChI is InChI=1S/C35H37F2N3O4S/c1-3-4-22-38-35(42)33(23-27-12-6-5-7-13-27)39(24-28-14-8-9-15-30(28)36)34(41)25-40(32-17-11-10-16-31(32)37)45(43,44)29-20-18-26(2)19-21-29/h5-21,33H,3-4,22-25H2,1-2H3,(H,38,42)/t33-/m1/s1. The lowest BCUT2D eigenvalue weighted by molar-refractivity contribution is -0.140. The minimum atomic E-state index is -4.45. The zero-order chi connectivity index (χ0) is 32.4. The maximum Gasteiger partial charge on any atom is 0.264 e. The van der Waals surface area contributed by atoms with Gasteiger partial charge in [0, 0.05) is 25.1 Å². The van der Waals surface area contributed by atoms with Crippen molar-refractivity contribution in [3.8, 4) is 0 Å². The highest BCUT2D eigenvalue weighted by molar-refractivity contribution is 7.92.